The van der Waals surface area contributed by atoms with Gasteiger partial charge in [-0.2, -0.15) is 0 Å². The van der Waals surface area contributed by atoms with Gasteiger partial charge in [-0.15, -0.1) is 24.0 Å². The number of hydrogen-bond donors (Lipinski definition) is 1. The molecule has 128 valence electrons. The minimum atomic E-state index is 0. The summed E-state index contributed by atoms with van der Waals surface area (Å²) in [7, 11) is 0. The maximum absolute atomic E-state index is 5.48. The van der Waals surface area contributed by atoms with Crippen LogP contribution in [0.4, 0.5) is 0 Å². The van der Waals surface area contributed by atoms with Gasteiger partial charge in [0.2, 0.25) is 0 Å². The zero-order chi connectivity index (χ0) is 14.5. The highest BCUT2D eigenvalue weighted by Crippen LogP contribution is 2.28. The van der Waals surface area contributed by atoms with Gasteiger partial charge in [0, 0.05) is 52.4 Å². The van der Waals surface area contributed by atoms with Gasteiger partial charge in [0.05, 0.1) is 6.61 Å². The van der Waals surface area contributed by atoms with Gasteiger partial charge in [-0.05, 0) is 38.0 Å². The molecule has 0 amide bonds. The van der Waals surface area contributed by atoms with Gasteiger partial charge in [-0.3, -0.25) is 9.89 Å². The topological polar surface area (TPSA) is 40.1 Å². The Morgan fingerprint density at radius 3 is 2.50 bits per heavy atom. The maximum Gasteiger partial charge on any atom is 0.194 e. The molecule has 0 aromatic carbocycles. The van der Waals surface area contributed by atoms with Gasteiger partial charge in [-0.25, -0.2) is 0 Å². The van der Waals surface area contributed by atoms with Crippen molar-refractivity contribution >= 4 is 29.9 Å². The van der Waals surface area contributed by atoms with Crippen LogP contribution in [0.15, 0.2) is 4.99 Å². The summed E-state index contributed by atoms with van der Waals surface area (Å²) in [5.74, 6) is 2.75. The number of hydrogen-bond acceptors (Lipinski definition) is 3. The van der Waals surface area contributed by atoms with E-state index in [4.69, 9.17) is 9.73 Å². The molecule has 5 nitrogen and oxygen atoms in total. The number of nitrogens with zero attached hydrogens (tertiary/aromatic N) is 3. The molecule has 0 radical (unpaired) electrons. The summed E-state index contributed by atoms with van der Waals surface area (Å²) in [4.78, 5) is 9.86. The van der Waals surface area contributed by atoms with E-state index in [-0.39, 0.29) is 24.0 Å². The van der Waals surface area contributed by atoms with Gasteiger partial charge >= 0.3 is 0 Å². The lowest BCUT2D eigenvalue weighted by atomic mass is 10.1. The number of guanidine groups is 1. The van der Waals surface area contributed by atoms with Crippen LogP contribution < -0.4 is 5.32 Å². The second-order valence-electron chi connectivity index (χ2n) is 6.66. The number of ether oxygens (including phenoxy) is 1. The Morgan fingerprint density at radius 2 is 1.91 bits per heavy atom. The number of nitrogens with one attached hydrogen (secondary N) is 1. The van der Waals surface area contributed by atoms with E-state index < -0.39 is 0 Å². The minimum Gasteiger partial charge on any atom is -0.381 e. The molecule has 1 N–H and O–H groups in total. The van der Waals surface area contributed by atoms with E-state index in [9.17, 15) is 0 Å². The van der Waals surface area contributed by atoms with E-state index in [1.807, 2.05) is 0 Å². The molecule has 2 heterocycles. The van der Waals surface area contributed by atoms with Crippen molar-refractivity contribution in [3.63, 3.8) is 0 Å². The smallest absolute Gasteiger partial charge is 0.194 e. The quantitative estimate of drug-likeness (QED) is 0.416. The summed E-state index contributed by atoms with van der Waals surface area (Å²) >= 11 is 0. The molecule has 2 aliphatic heterocycles. The van der Waals surface area contributed by atoms with E-state index in [1.54, 1.807) is 0 Å². The molecule has 0 bridgehead atoms. The Kier molecular flexibility index (Phi) is 7.70. The summed E-state index contributed by atoms with van der Waals surface area (Å²) in [6.45, 7) is 11.8. The number of halogens is 1. The molecule has 6 heteroatoms. The Morgan fingerprint density at radius 1 is 1.14 bits per heavy atom. The van der Waals surface area contributed by atoms with Crippen LogP contribution in [0.2, 0.25) is 0 Å². The highest BCUT2D eigenvalue weighted by Gasteiger charge is 2.25. The third-order valence-corrected chi connectivity index (χ3v) is 4.74. The molecule has 3 aliphatic rings. The average molecular weight is 422 g/mol. The van der Waals surface area contributed by atoms with Crippen molar-refractivity contribution in [3.8, 4) is 0 Å². The molecule has 1 aliphatic carbocycles. The molecule has 3 rings (SSSR count). The molecule has 1 unspecified atom stereocenters. The first kappa shape index (κ1) is 18.3. The molecule has 2 saturated heterocycles. The van der Waals surface area contributed by atoms with Gasteiger partial charge in [-0.1, -0.05) is 0 Å². The van der Waals surface area contributed by atoms with Gasteiger partial charge in [0.15, 0.2) is 5.96 Å². The SMILES string of the molecule is CCNC(=NCC1CC1)N1CCN(CC2CCOC2)CC1.I. The van der Waals surface area contributed by atoms with Crippen LogP contribution >= 0.6 is 24.0 Å². The van der Waals surface area contributed by atoms with Crippen LogP contribution in [-0.4, -0.2) is 74.8 Å². The molecule has 0 spiro atoms. The van der Waals surface area contributed by atoms with Crippen LogP contribution in [0, 0.1) is 11.8 Å². The zero-order valence-corrected chi connectivity index (χ0v) is 16.1. The Hall–Kier alpha value is -0.0800. The largest absolute Gasteiger partial charge is 0.381 e. The maximum atomic E-state index is 5.48. The first-order valence-corrected chi connectivity index (χ1v) is 8.68. The van der Waals surface area contributed by atoms with Crippen molar-refractivity contribution in [3.05, 3.63) is 0 Å². The van der Waals surface area contributed by atoms with Crippen molar-refractivity contribution in [2.75, 3.05) is 59.0 Å². The Balaban J connectivity index is 0.00000176. The summed E-state index contributed by atoms with van der Waals surface area (Å²) in [6.07, 6.45) is 3.99. The fraction of sp³-hybridized carbons (Fsp3) is 0.938. The normalized spacial score (nSPS) is 26.9. The molecular weight excluding hydrogens is 391 g/mol. The van der Waals surface area contributed by atoms with E-state index in [2.05, 4.69) is 22.0 Å². The third-order valence-electron chi connectivity index (χ3n) is 4.74. The zero-order valence-electron chi connectivity index (χ0n) is 13.8. The summed E-state index contributed by atoms with van der Waals surface area (Å²) in [5, 5.41) is 3.46. The number of rotatable bonds is 5. The number of aliphatic imine (C=N–C) groups is 1. The standard InChI is InChI=1S/C16H30N4O.HI/c1-2-17-16(18-11-14-3-4-14)20-8-6-19(7-9-20)12-15-5-10-21-13-15;/h14-15H,2-13H2,1H3,(H,17,18);1H. The highest BCUT2D eigenvalue weighted by molar-refractivity contribution is 14.0. The van der Waals surface area contributed by atoms with Crippen LogP contribution in [0.3, 0.4) is 0 Å². The predicted octanol–water partition coefficient (Wildman–Crippen LogP) is 1.63. The van der Waals surface area contributed by atoms with Crippen molar-refractivity contribution in [1.29, 1.82) is 0 Å². The lowest BCUT2D eigenvalue weighted by Gasteiger charge is -2.37. The van der Waals surface area contributed by atoms with Crippen molar-refractivity contribution in [2.24, 2.45) is 16.8 Å². The second kappa shape index (κ2) is 9.27. The predicted molar refractivity (Wildman–Crippen MR) is 101 cm³/mol. The molecular formula is C16H31IN4O. The molecule has 22 heavy (non-hydrogen) atoms. The molecule has 1 atom stereocenters. The van der Waals surface area contributed by atoms with Crippen LogP contribution in [0.25, 0.3) is 0 Å². The van der Waals surface area contributed by atoms with Crippen molar-refractivity contribution < 1.29 is 4.74 Å². The van der Waals surface area contributed by atoms with Crippen molar-refractivity contribution in [1.82, 2.24) is 15.1 Å². The lowest BCUT2D eigenvalue weighted by Crippen LogP contribution is -2.53. The molecule has 3 fully saturated rings. The van der Waals surface area contributed by atoms with E-state index in [0.29, 0.717) is 0 Å². The molecule has 1 saturated carbocycles. The average Bonchev–Trinajstić information content (AvgIpc) is 3.20. The summed E-state index contributed by atoms with van der Waals surface area (Å²) in [5.41, 5.74) is 0. The van der Waals surface area contributed by atoms with Gasteiger partial charge in [0.25, 0.3) is 0 Å². The summed E-state index contributed by atoms with van der Waals surface area (Å²) in [6, 6.07) is 0. The fourth-order valence-electron chi connectivity index (χ4n) is 3.18. The monoisotopic (exact) mass is 422 g/mol. The van der Waals surface area contributed by atoms with Gasteiger partial charge < -0.3 is 15.0 Å². The van der Waals surface area contributed by atoms with Crippen LogP contribution in [0.1, 0.15) is 26.2 Å². The lowest BCUT2D eigenvalue weighted by molar-refractivity contribution is 0.139. The number of piperazine rings is 1. The minimum absolute atomic E-state index is 0. The van der Waals surface area contributed by atoms with Crippen LogP contribution in [-0.2, 0) is 4.74 Å². The first-order chi connectivity index (χ1) is 10.3. The van der Waals surface area contributed by atoms with E-state index in [0.717, 1.165) is 70.3 Å². The first-order valence-electron chi connectivity index (χ1n) is 8.68. The third kappa shape index (κ3) is 5.53. The van der Waals surface area contributed by atoms with E-state index >= 15 is 0 Å². The Bertz CT molecular complexity index is 348. The second-order valence-corrected chi connectivity index (χ2v) is 6.66. The fourth-order valence-corrected chi connectivity index (χ4v) is 3.18. The summed E-state index contributed by atoms with van der Waals surface area (Å²) < 4.78 is 5.48. The van der Waals surface area contributed by atoms with Crippen molar-refractivity contribution in [2.45, 2.75) is 26.2 Å². The molecule has 0 aromatic rings. The highest BCUT2D eigenvalue weighted by atomic mass is 127. The molecule has 0 aromatic heterocycles. The van der Waals surface area contributed by atoms with E-state index in [1.165, 1.54) is 25.8 Å². The van der Waals surface area contributed by atoms with Gasteiger partial charge in [0.1, 0.15) is 0 Å². The Labute approximate surface area is 151 Å². The van der Waals surface area contributed by atoms with Crippen LogP contribution in [0.5, 0.6) is 0 Å².